The van der Waals surface area contributed by atoms with Crippen LogP contribution in [0.3, 0.4) is 0 Å². The predicted octanol–water partition coefficient (Wildman–Crippen LogP) is 5.64. The number of nitrogens with zero attached hydrogens (tertiary/aromatic N) is 2. The summed E-state index contributed by atoms with van der Waals surface area (Å²) in [6.07, 6.45) is 0. The van der Waals surface area contributed by atoms with Crippen LogP contribution in [0.15, 0.2) is 65.7 Å². The number of hydrogen-bond acceptors (Lipinski definition) is 4. The van der Waals surface area contributed by atoms with Gasteiger partial charge < -0.3 is 4.74 Å². The first-order valence-corrected chi connectivity index (χ1v) is 10.9. The minimum Gasteiger partial charge on any atom is -0.493 e. The molecule has 0 radical (unpaired) electrons. The molecule has 0 saturated carbocycles. The van der Waals surface area contributed by atoms with Crippen LogP contribution in [0.2, 0.25) is 5.02 Å². The third-order valence-electron chi connectivity index (χ3n) is 4.71. The fourth-order valence-corrected chi connectivity index (χ4v) is 4.60. The van der Waals surface area contributed by atoms with E-state index in [0.29, 0.717) is 41.8 Å². The summed E-state index contributed by atoms with van der Waals surface area (Å²) in [5, 5.41) is 3.37. The summed E-state index contributed by atoms with van der Waals surface area (Å²) in [5.74, 6) is 1.25. The van der Waals surface area contributed by atoms with Crippen molar-refractivity contribution < 1.29 is 9.53 Å². The molecule has 1 aliphatic heterocycles. The second-order valence-electron chi connectivity index (χ2n) is 6.63. The molecule has 1 aliphatic rings. The van der Waals surface area contributed by atoms with Crippen molar-refractivity contribution in [3.63, 3.8) is 0 Å². The van der Waals surface area contributed by atoms with Crippen molar-refractivity contribution in [1.29, 1.82) is 0 Å². The molecule has 0 aliphatic carbocycles. The number of thioether (sulfide) groups is 1. The van der Waals surface area contributed by atoms with Gasteiger partial charge in [0.05, 0.1) is 18.7 Å². The molecule has 148 valence electrons. The van der Waals surface area contributed by atoms with Gasteiger partial charge in [0, 0.05) is 17.3 Å². The molecule has 0 aromatic heterocycles. The van der Waals surface area contributed by atoms with Gasteiger partial charge in [-0.2, -0.15) is 0 Å². The average Bonchev–Trinajstić information content (AvgIpc) is 3.20. The molecule has 0 bridgehead atoms. The molecule has 0 N–H and O–H groups in total. The van der Waals surface area contributed by atoms with E-state index in [2.05, 4.69) is 4.99 Å². The molecule has 0 saturated heterocycles. The quantitative estimate of drug-likeness (QED) is 0.532. The number of hydrogen-bond donors (Lipinski definition) is 0. The lowest BCUT2D eigenvalue weighted by Crippen LogP contribution is -2.33. The fourth-order valence-electron chi connectivity index (χ4n) is 3.40. The van der Waals surface area contributed by atoms with Gasteiger partial charge in [0.1, 0.15) is 5.75 Å². The highest BCUT2D eigenvalue weighted by Gasteiger charge is 2.28. The lowest BCUT2D eigenvalue weighted by molar-refractivity contribution is 0.0858. The molecule has 0 fully saturated rings. The Labute approximate surface area is 179 Å². The molecule has 29 heavy (non-hydrogen) atoms. The highest BCUT2D eigenvalue weighted by Crippen LogP contribution is 2.31. The van der Waals surface area contributed by atoms with Crippen molar-refractivity contribution in [2.75, 3.05) is 19.7 Å². The molecule has 3 aromatic rings. The minimum absolute atomic E-state index is 0.0694. The van der Waals surface area contributed by atoms with Gasteiger partial charge in [-0.15, -0.1) is 0 Å². The van der Waals surface area contributed by atoms with Crippen LogP contribution >= 0.6 is 23.4 Å². The lowest BCUT2D eigenvalue weighted by Gasteiger charge is -2.21. The number of aliphatic imine (C=N–C) groups is 1. The zero-order chi connectivity index (χ0) is 20.2. The Balaban J connectivity index is 1.62. The summed E-state index contributed by atoms with van der Waals surface area (Å²) >= 11 is 7.64. The maximum absolute atomic E-state index is 13.6. The highest BCUT2D eigenvalue weighted by molar-refractivity contribution is 8.13. The normalized spacial score (nSPS) is 13.6. The third kappa shape index (κ3) is 4.26. The molecular weight excluding hydrogens is 404 g/mol. The van der Waals surface area contributed by atoms with Crippen molar-refractivity contribution in [2.24, 2.45) is 4.99 Å². The molecule has 6 heteroatoms. The van der Waals surface area contributed by atoms with E-state index in [-0.39, 0.29) is 5.91 Å². The van der Waals surface area contributed by atoms with Crippen molar-refractivity contribution in [3.8, 4) is 5.75 Å². The Morgan fingerprint density at radius 1 is 1.17 bits per heavy atom. The van der Waals surface area contributed by atoms with Crippen LogP contribution in [0.5, 0.6) is 5.75 Å². The largest absolute Gasteiger partial charge is 0.493 e. The molecule has 1 amide bonds. The Morgan fingerprint density at radius 3 is 2.86 bits per heavy atom. The maximum Gasteiger partial charge on any atom is 0.264 e. The second-order valence-corrected chi connectivity index (χ2v) is 8.01. The van der Waals surface area contributed by atoms with E-state index in [0.717, 1.165) is 21.5 Å². The molecule has 3 aromatic carbocycles. The van der Waals surface area contributed by atoms with E-state index in [1.165, 1.54) is 0 Å². The van der Waals surface area contributed by atoms with Crippen molar-refractivity contribution >= 4 is 45.2 Å². The van der Waals surface area contributed by atoms with E-state index >= 15 is 0 Å². The van der Waals surface area contributed by atoms with Gasteiger partial charge >= 0.3 is 0 Å². The van der Waals surface area contributed by atoms with Gasteiger partial charge in [-0.3, -0.25) is 14.7 Å². The standard InChI is InChI=1S/C23H21ClN2O2S/c1-2-28-20-11-10-17-7-3-4-9-19(17)21(20)22(27)26-13-12-25-23(26)29-15-16-6-5-8-18(24)14-16/h3-11,14H,2,12-13,15H2,1H3. The topological polar surface area (TPSA) is 41.9 Å². The zero-order valence-corrected chi connectivity index (χ0v) is 17.7. The van der Waals surface area contributed by atoms with Gasteiger partial charge in [-0.25, -0.2) is 0 Å². The van der Waals surface area contributed by atoms with Crippen LogP contribution in [-0.4, -0.2) is 35.7 Å². The minimum atomic E-state index is -0.0694. The Kier molecular flexibility index (Phi) is 6.07. The summed E-state index contributed by atoms with van der Waals surface area (Å²) < 4.78 is 5.79. The van der Waals surface area contributed by atoms with Crippen LogP contribution < -0.4 is 4.74 Å². The van der Waals surface area contributed by atoms with Crippen LogP contribution in [0.4, 0.5) is 0 Å². The first-order valence-electron chi connectivity index (χ1n) is 9.55. The van der Waals surface area contributed by atoms with E-state index in [1.807, 2.05) is 67.6 Å². The highest BCUT2D eigenvalue weighted by atomic mass is 35.5. The first-order chi connectivity index (χ1) is 14.2. The molecule has 4 nitrogen and oxygen atoms in total. The molecule has 0 atom stereocenters. The van der Waals surface area contributed by atoms with Gasteiger partial charge in [0.15, 0.2) is 5.17 Å². The van der Waals surface area contributed by atoms with Crippen LogP contribution in [0.25, 0.3) is 10.8 Å². The Bertz CT molecular complexity index is 1080. The number of halogens is 1. The molecular formula is C23H21ClN2O2S. The van der Waals surface area contributed by atoms with Crippen LogP contribution in [-0.2, 0) is 5.75 Å². The maximum atomic E-state index is 13.6. The number of fused-ring (bicyclic) bond motifs is 1. The molecule has 0 unspecified atom stereocenters. The van der Waals surface area contributed by atoms with Crippen molar-refractivity contribution in [1.82, 2.24) is 4.90 Å². The number of rotatable bonds is 5. The van der Waals surface area contributed by atoms with E-state index < -0.39 is 0 Å². The average molecular weight is 425 g/mol. The smallest absolute Gasteiger partial charge is 0.264 e. The zero-order valence-electron chi connectivity index (χ0n) is 16.1. The van der Waals surface area contributed by atoms with Gasteiger partial charge in [-0.05, 0) is 41.5 Å². The molecule has 1 heterocycles. The molecule has 4 rings (SSSR count). The first kappa shape index (κ1) is 19.8. The SMILES string of the molecule is CCOc1ccc2ccccc2c1C(=O)N1CCN=C1SCc1cccc(Cl)c1. The number of amidine groups is 1. The third-order valence-corrected chi connectivity index (χ3v) is 6.03. The summed E-state index contributed by atoms with van der Waals surface area (Å²) in [5.41, 5.74) is 1.70. The lowest BCUT2D eigenvalue weighted by atomic mass is 10.0. The fraction of sp³-hybridized carbons (Fsp3) is 0.217. The van der Waals surface area contributed by atoms with Crippen molar-refractivity contribution in [2.45, 2.75) is 12.7 Å². The van der Waals surface area contributed by atoms with Crippen molar-refractivity contribution in [3.05, 3.63) is 76.8 Å². The molecule has 0 spiro atoms. The summed E-state index contributed by atoms with van der Waals surface area (Å²) in [4.78, 5) is 19.9. The summed E-state index contributed by atoms with van der Waals surface area (Å²) in [6, 6.07) is 19.5. The van der Waals surface area contributed by atoms with E-state index in [4.69, 9.17) is 16.3 Å². The second kappa shape index (κ2) is 8.89. The van der Waals surface area contributed by atoms with Gasteiger partial charge in [0.25, 0.3) is 5.91 Å². The number of benzene rings is 3. The van der Waals surface area contributed by atoms with Gasteiger partial charge in [-0.1, -0.05) is 65.8 Å². The summed E-state index contributed by atoms with van der Waals surface area (Å²) in [6.45, 7) is 3.61. The number of ether oxygens (including phenoxy) is 1. The monoisotopic (exact) mass is 424 g/mol. The Hall–Kier alpha value is -2.50. The van der Waals surface area contributed by atoms with E-state index in [9.17, 15) is 4.79 Å². The Morgan fingerprint density at radius 2 is 2.03 bits per heavy atom. The number of amides is 1. The van der Waals surface area contributed by atoms with E-state index in [1.54, 1.807) is 16.7 Å². The number of carbonyl (C=O) groups excluding carboxylic acids is 1. The van der Waals surface area contributed by atoms with Crippen LogP contribution in [0, 0.1) is 0 Å². The predicted molar refractivity (Wildman–Crippen MR) is 121 cm³/mol. The summed E-state index contributed by atoms with van der Waals surface area (Å²) in [7, 11) is 0. The van der Waals surface area contributed by atoms with Gasteiger partial charge in [0.2, 0.25) is 0 Å². The van der Waals surface area contributed by atoms with Crippen LogP contribution in [0.1, 0.15) is 22.8 Å². The number of carbonyl (C=O) groups is 1.